The van der Waals surface area contributed by atoms with Crippen LogP contribution in [0.5, 0.6) is 0 Å². The third-order valence-corrected chi connectivity index (χ3v) is 5.14. The van der Waals surface area contributed by atoms with Gasteiger partial charge in [-0.2, -0.15) is 0 Å². The average Bonchev–Trinajstić information content (AvgIpc) is 2.64. The Morgan fingerprint density at radius 2 is 1.96 bits per heavy atom. The summed E-state index contributed by atoms with van der Waals surface area (Å²) in [6.07, 6.45) is 3.90. The number of hydrogen-bond donors (Lipinski definition) is 0. The minimum absolute atomic E-state index is 0.0155. The third kappa shape index (κ3) is 4.98. The molecule has 0 saturated heterocycles. The lowest BCUT2D eigenvalue weighted by Gasteiger charge is -2.30. The van der Waals surface area contributed by atoms with Gasteiger partial charge in [0.1, 0.15) is 5.78 Å². The molecule has 2 aromatic carbocycles. The maximum atomic E-state index is 12.9. The maximum Gasteiger partial charge on any atom is 0.258 e. The quantitative estimate of drug-likeness (QED) is 0.662. The Kier molecular flexibility index (Phi) is 6.33. The molecule has 142 valence electrons. The lowest BCUT2D eigenvalue weighted by molar-refractivity contribution is -0.119. The van der Waals surface area contributed by atoms with E-state index in [1.54, 1.807) is 24.3 Å². The van der Waals surface area contributed by atoms with E-state index < -0.39 is 0 Å². The van der Waals surface area contributed by atoms with Gasteiger partial charge in [-0.1, -0.05) is 43.6 Å². The standard InChI is InChI=1S/C23H26ClNO2/c1-16(2)13-21(26)10-8-17-9-11-22-18(14-17)6-4-12-25(22)23(27)19-5-3-7-20(24)15-19/h3,5,7,9,11,14-16H,4,6,8,10,12-13H2,1-2H3. The van der Waals surface area contributed by atoms with Crippen molar-refractivity contribution >= 4 is 29.0 Å². The topological polar surface area (TPSA) is 37.4 Å². The highest BCUT2D eigenvalue weighted by Crippen LogP contribution is 2.30. The van der Waals surface area contributed by atoms with Crippen molar-refractivity contribution in [2.45, 2.75) is 46.0 Å². The van der Waals surface area contributed by atoms with Crippen LogP contribution in [0.4, 0.5) is 5.69 Å². The van der Waals surface area contributed by atoms with Crippen molar-refractivity contribution in [2.24, 2.45) is 5.92 Å². The molecule has 27 heavy (non-hydrogen) atoms. The molecular formula is C23H26ClNO2. The Morgan fingerprint density at radius 3 is 2.70 bits per heavy atom. The van der Waals surface area contributed by atoms with Crippen LogP contribution in [0.15, 0.2) is 42.5 Å². The molecule has 1 aliphatic heterocycles. The molecule has 1 aliphatic rings. The predicted molar refractivity (Wildman–Crippen MR) is 111 cm³/mol. The fraction of sp³-hybridized carbons (Fsp3) is 0.391. The summed E-state index contributed by atoms with van der Waals surface area (Å²) in [5, 5.41) is 0.569. The first-order valence-electron chi connectivity index (χ1n) is 9.65. The summed E-state index contributed by atoms with van der Waals surface area (Å²) in [5.74, 6) is 0.714. The van der Waals surface area contributed by atoms with E-state index in [1.165, 1.54) is 11.1 Å². The monoisotopic (exact) mass is 383 g/mol. The minimum atomic E-state index is -0.0155. The lowest BCUT2D eigenvalue weighted by Crippen LogP contribution is -2.35. The number of hydrogen-bond acceptors (Lipinski definition) is 2. The molecule has 0 aromatic heterocycles. The van der Waals surface area contributed by atoms with E-state index in [0.717, 1.165) is 24.9 Å². The number of rotatable bonds is 6. The maximum absolute atomic E-state index is 12.9. The van der Waals surface area contributed by atoms with Crippen molar-refractivity contribution in [3.05, 3.63) is 64.2 Å². The molecule has 3 nitrogen and oxygen atoms in total. The van der Waals surface area contributed by atoms with Crippen molar-refractivity contribution in [1.29, 1.82) is 0 Å². The SMILES string of the molecule is CC(C)CC(=O)CCc1ccc2c(c1)CCCN2C(=O)c1cccc(Cl)c1. The van der Waals surface area contributed by atoms with Crippen LogP contribution in [0.25, 0.3) is 0 Å². The number of fused-ring (bicyclic) bond motifs is 1. The Morgan fingerprint density at radius 1 is 1.15 bits per heavy atom. The summed E-state index contributed by atoms with van der Waals surface area (Å²) < 4.78 is 0. The predicted octanol–water partition coefficient (Wildman–Crippen LogP) is 5.48. The summed E-state index contributed by atoms with van der Waals surface area (Å²) in [4.78, 5) is 26.8. The van der Waals surface area contributed by atoms with Gasteiger partial charge < -0.3 is 4.90 Å². The second kappa shape index (κ2) is 8.71. The van der Waals surface area contributed by atoms with Gasteiger partial charge in [0.15, 0.2) is 0 Å². The van der Waals surface area contributed by atoms with E-state index in [-0.39, 0.29) is 5.91 Å². The van der Waals surface area contributed by atoms with E-state index in [2.05, 4.69) is 19.9 Å². The van der Waals surface area contributed by atoms with Crippen molar-refractivity contribution in [1.82, 2.24) is 0 Å². The molecule has 4 heteroatoms. The molecule has 1 amide bonds. The summed E-state index contributed by atoms with van der Waals surface area (Å²) >= 11 is 6.04. The first-order valence-corrected chi connectivity index (χ1v) is 10.0. The molecule has 1 heterocycles. The van der Waals surface area contributed by atoms with Crippen LogP contribution in [-0.2, 0) is 17.6 Å². The van der Waals surface area contributed by atoms with Crippen molar-refractivity contribution in [3.8, 4) is 0 Å². The highest BCUT2D eigenvalue weighted by molar-refractivity contribution is 6.31. The number of carbonyl (C=O) groups is 2. The Hall–Kier alpha value is -2.13. The van der Waals surface area contributed by atoms with Gasteiger partial charge in [-0.05, 0) is 60.6 Å². The van der Waals surface area contributed by atoms with Crippen molar-refractivity contribution < 1.29 is 9.59 Å². The highest BCUT2D eigenvalue weighted by Gasteiger charge is 2.24. The minimum Gasteiger partial charge on any atom is -0.308 e. The molecular weight excluding hydrogens is 358 g/mol. The number of amides is 1. The second-order valence-electron chi connectivity index (χ2n) is 7.67. The molecule has 0 saturated carbocycles. The van der Waals surface area contributed by atoms with Gasteiger partial charge >= 0.3 is 0 Å². The average molecular weight is 384 g/mol. The summed E-state index contributed by atoms with van der Waals surface area (Å²) in [5.41, 5.74) is 3.94. The van der Waals surface area contributed by atoms with Crippen LogP contribution in [0, 0.1) is 5.92 Å². The summed E-state index contributed by atoms with van der Waals surface area (Å²) in [6.45, 7) is 4.86. The largest absolute Gasteiger partial charge is 0.308 e. The molecule has 0 bridgehead atoms. The second-order valence-corrected chi connectivity index (χ2v) is 8.11. The van der Waals surface area contributed by atoms with Crippen LogP contribution in [0.2, 0.25) is 5.02 Å². The first-order chi connectivity index (χ1) is 12.9. The van der Waals surface area contributed by atoms with Gasteiger partial charge in [-0.15, -0.1) is 0 Å². The number of anilines is 1. The van der Waals surface area contributed by atoms with Gasteiger partial charge in [0.25, 0.3) is 5.91 Å². The number of carbonyl (C=O) groups excluding carboxylic acids is 2. The first kappa shape index (κ1) is 19.6. The van der Waals surface area contributed by atoms with Gasteiger partial charge in [0.2, 0.25) is 0 Å². The van der Waals surface area contributed by atoms with E-state index in [0.29, 0.717) is 41.7 Å². The van der Waals surface area contributed by atoms with Crippen LogP contribution in [-0.4, -0.2) is 18.2 Å². The van der Waals surface area contributed by atoms with Gasteiger partial charge in [-0.25, -0.2) is 0 Å². The summed E-state index contributed by atoms with van der Waals surface area (Å²) in [6, 6.07) is 13.3. The van der Waals surface area contributed by atoms with Crippen LogP contribution in [0.1, 0.15) is 54.6 Å². The normalized spacial score (nSPS) is 13.6. The number of Topliss-reactive ketones (excluding diaryl/α,β-unsaturated/α-hetero) is 1. The number of nitrogens with zero attached hydrogens (tertiary/aromatic N) is 1. The Balaban J connectivity index is 1.75. The van der Waals surface area contributed by atoms with Gasteiger partial charge in [0, 0.05) is 35.7 Å². The number of ketones is 1. The van der Waals surface area contributed by atoms with Crippen LogP contribution < -0.4 is 4.90 Å². The molecule has 0 radical (unpaired) electrons. The van der Waals surface area contributed by atoms with Gasteiger partial charge in [0.05, 0.1) is 0 Å². The highest BCUT2D eigenvalue weighted by atomic mass is 35.5. The smallest absolute Gasteiger partial charge is 0.258 e. The molecule has 0 N–H and O–H groups in total. The molecule has 0 fully saturated rings. The number of benzene rings is 2. The van der Waals surface area contributed by atoms with E-state index >= 15 is 0 Å². The third-order valence-electron chi connectivity index (χ3n) is 4.91. The fourth-order valence-electron chi connectivity index (χ4n) is 3.64. The van der Waals surface area contributed by atoms with Gasteiger partial charge in [-0.3, -0.25) is 9.59 Å². The fourth-order valence-corrected chi connectivity index (χ4v) is 3.83. The summed E-state index contributed by atoms with van der Waals surface area (Å²) in [7, 11) is 0. The molecule has 0 spiro atoms. The van der Waals surface area contributed by atoms with E-state index in [9.17, 15) is 9.59 Å². The zero-order valence-electron chi connectivity index (χ0n) is 16.0. The number of halogens is 1. The van der Waals surface area contributed by atoms with Crippen LogP contribution >= 0.6 is 11.6 Å². The molecule has 0 aliphatic carbocycles. The van der Waals surface area contributed by atoms with Crippen molar-refractivity contribution in [3.63, 3.8) is 0 Å². The van der Waals surface area contributed by atoms with E-state index in [4.69, 9.17) is 11.6 Å². The van der Waals surface area contributed by atoms with Crippen molar-refractivity contribution in [2.75, 3.05) is 11.4 Å². The molecule has 2 aromatic rings. The zero-order chi connectivity index (χ0) is 19.4. The zero-order valence-corrected chi connectivity index (χ0v) is 16.8. The van der Waals surface area contributed by atoms with Crippen LogP contribution in [0.3, 0.4) is 0 Å². The molecule has 3 rings (SSSR count). The number of aryl methyl sites for hydroxylation is 2. The molecule has 0 unspecified atom stereocenters. The Bertz CT molecular complexity index is 844. The van der Waals surface area contributed by atoms with E-state index in [1.807, 2.05) is 17.0 Å². The Labute approximate surface area is 166 Å². The molecule has 0 atom stereocenters. The lowest BCUT2D eigenvalue weighted by atomic mass is 9.95.